The van der Waals surface area contributed by atoms with Crippen LogP contribution in [0.5, 0.6) is 11.5 Å². The van der Waals surface area contributed by atoms with Crippen LogP contribution in [0.3, 0.4) is 0 Å². The number of aliphatic carboxylic acids is 1. The molecule has 0 spiro atoms. The first-order valence-electron chi connectivity index (χ1n) is 10.1. The molecule has 0 bridgehead atoms. The van der Waals surface area contributed by atoms with Crippen molar-refractivity contribution in [3.63, 3.8) is 0 Å². The van der Waals surface area contributed by atoms with Crippen molar-refractivity contribution in [3.05, 3.63) is 53.1 Å². The number of para-hydroxylation sites is 1. The lowest BCUT2D eigenvalue weighted by molar-refractivity contribution is -0.138. The normalized spacial score (nSPS) is 14.3. The van der Waals surface area contributed by atoms with Gasteiger partial charge in [-0.25, -0.2) is 14.6 Å². The highest BCUT2D eigenvalue weighted by atomic mass is 32.2. The van der Waals surface area contributed by atoms with E-state index in [1.807, 2.05) is 5.32 Å². The van der Waals surface area contributed by atoms with Gasteiger partial charge in [0.05, 0.1) is 23.4 Å². The third-order valence-corrected chi connectivity index (χ3v) is 5.57. The molecule has 0 aliphatic carbocycles. The number of carbonyl (C=O) groups excluding carboxylic acids is 2. The molecular formula is C21H22N4O9S. The van der Waals surface area contributed by atoms with E-state index in [1.54, 1.807) is 6.07 Å². The molecule has 2 aromatic rings. The molecule has 7 N–H and O–H groups in total. The topological polar surface area (TPSA) is 221 Å². The van der Waals surface area contributed by atoms with Crippen LogP contribution >= 0.6 is 0 Å². The number of guanidine groups is 1. The third kappa shape index (κ3) is 6.68. The van der Waals surface area contributed by atoms with Crippen molar-refractivity contribution >= 4 is 39.6 Å². The number of aryl methyl sites for hydroxylation is 1. The number of amides is 1. The van der Waals surface area contributed by atoms with Crippen LogP contribution in [-0.4, -0.2) is 60.3 Å². The van der Waals surface area contributed by atoms with Crippen molar-refractivity contribution in [2.24, 2.45) is 16.5 Å². The summed E-state index contributed by atoms with van der Waals surface area (Å²) in [6.45, 7) is 0.0915. The number of ether oxygens (including phenoxy) is 2. The second kappa shape index (κ2) is 10.4. The molecule has 0 aromatic heterocycles. The number of carbonyl (C=O) groups is 3. The van der Waals surface area contributed by atoms with E-state index >= 15 is 0 Å². The van der Waals surface area contributed by atoms with Crippen LogP contribution < -0.4 is 26.3 Å². The van der Waals surface area contributed by atoms with Crippen molar-refractivity contribution in [3.8, 4) is 11.5 Å². The zero-order valence-corrected chi connectivity index (χ0v) is 18.9. The number of rotatable bonds is 6. The number of aliphatic imine (C=N–C) groups is 1. The smallest absolute Gasteiger partial charge is 0.343 e. The van der Waals surface area contributed by atoms with E-state index in [9.17, 15) is 27.9 Å². The first kappa shape index (κ1) is 25.5. The van der Waals surface area contributed by atoms with Crippen LogP contribution in [0.15, 0.2) is 41.4 Å². The maximum atomic E-state index is 12.9. The molecule has 3 rings (SSSR count). The average molecular weight is 506 g/mol. The van der Waals surface area contributed by atoms with Crippen LogP contribution in [0.1, 0.15) is 32.7 Å². The van der Waals surface area contributed by atoms with Gasteiger partial charge in [-0.05, 0) is 48.7 Å². The van der Waals surface area contributed by atoms with Gasteiger partial charge in [0.25, 0.3) is 16.0 Å². The number of benzene rings is 2. The number of fused-ring (bicyclic) bond motifs is 2. The Morgan fingerprint density at radius 3 is 2.60 bits per heavy atom. The fourth-order valence-electron chi connectivity index (χ4n) is 3.34. The largest absolute Gasteiger partial charge is 0.489 e. The third-order valence-electron chi connectivity index (χ3n) is 4.81. The number of hydrogen-bond donors (Lipinski definition) is 5. The highest BCUT2D eigenvalue weighted by Crippen LogP contribution is 2.34. The Bertz CT molecular complexity index is 1300. The average Bonchev–Trinajstić information content (AvgIpc) is 2.75. The van der Waals surface area contributed by atoms with Crippen molar-refractivity contribution in [1.29, 1.82) is 0 Å². The SMILES string of the molecule is NC(N)=Nc1ccc2c(c1)CCCOc1c(cccc1C(=O)N[C@@H](CS(=O)(=O)O)C(=O)O)OC2=O. The fourth-order valence-corrected chi connectivity index (χ4v) is 3.99. The molecule has 0 fully saturated rings. The molecule has 14 heteroatoms. The highest BCUT2D eigenvalue weighted by Gasteiger charge is 2.29. The summed E-state index contributed by atoms with van der Waals surface area (Å²) in [6.07, 6.45) is 0.804. The van der Waals surface area contributed by atoms with E-state index < -0.39 is 39.8 Å². The molecule has 1 aliphatic heterocycles. The van der Waals surface area contributed by atoms with Gasteiger partial charge < -0.3 is 31.4 Å². The van der Waals surface area contributed by atoms with Crippen molar-refractivity contribution in [1.82, 2.24) is 5.32 Å². The van der Waals surface area contributed by atoms with Gasteiger partial charge in [-0.2, -0.15) is 8.42 Å². The summed E-state index contributed by atoms with van der Waals surface area (Å²) < 4.78 is 42.3. The van der Waals surface area contributed by atoms with E-state index in [0.29, 0.717) is 24.1 Å². The van der Waals surface area contributed by atoms with Gasteiger partial charge in [-0.3, -0.25) is 9.35 Å². The van der Waals surface area contributed by atoms with Crippen molar-refractivity contribution < 1.29 is 41.9 Å². The van der Waals surface area contributed by atoms with Gasteiger partial charge in [0.1, 0.15) is 11.8 Å². The maximum Gasteiger partial charge on any atom is 0.343 e. The van der Waals surface area contributed by atoms with Crippen LogP contribution in [0.2, 0.25) is 0 Å². The van der Waals surface area contributed by atoms with E-state index in [2.05, 4.69) is 4.99 Å². The van der Waals surface area contributed by atoms with Crippen LogP contribution in [0.25, 0.3) is 0 Å². The Hall–Kier alpha value is -4.17. The number of carboxylic acid groups (broad SMARTS) is 1. The van der Waals surface area contributed by atoms with Crippen molar-refractivity contribution in [2.45, 2.75) is 18.9 Å². The Labute approximate surface area is 199 Å². The van der Waals surface area contributed by atoms with Crippen LogP contribution in [-0.2, 0) is 21.3 Å². The minimum Gasteiger partial charge on any atom is -0.489 e. The van der Waals surface area contributed by atoms with Crippen LogP contribution in [0.4, 0.5) is 5.69 Å². The maximum absolute atomic E-state index is 12.9. The first-order chi connectivity index (χ1) is 16.4. The van der Waals surface area contributed by atoms with Gasteiger partial charge in [0, 0.05) is 0 Å². The van der Waals surface area contributed by atoms with Crippen LogP contribution in [0, 0.1) is 0 Å². The Morgan fingerprint density at radius 2 is 1.94 bits per heavy atom. The molecule has 1 aliphatic rings. The molecule has 35 heavy (non-hydrogen) atoms. The predicted octanol–water partition coefficient (Wildman–Crippen LogP) is 0.207. The summed E-state index contributed by atoms with van der Waals surface area (Å²) in [5.41, 5.74) is 11.9. The Kier molecular flexibility index (Phi) is 7.56. The molecule has 2 aromatic carbocycles. The fraction of sp³-hybridized carbons (Fsp3) is 0.238. The highest BCUT2D eigenvalue weighted by molar-refractivity contribution is 7.85. The molecule has 186 valence electrons. The quantitative estimate of drug-likeness (QED) is 0.117. The molecule has 1 amide bonds. The lowest BCUT2D eigenvalue weighted by Crippen LogP contribution is -2.45. The number of hydrogen-bond acceptors (Lipinski definition) is 8. The first-order valence-corrected chi connectivity index (χ1v) is 11.7. The van der Waals surface area contributed by atoms with Gasteiger partial charge >= 0.3 is 11.9 Å². The van der Waals surface area contributed by atoms with Gasteiger partial charge in [-0.1, -0.05) is 6.07 Å². The molecule has 13 nitrogen and oxygen atoms in total. The molecule has 0 saturated heterocycles. The summed E-state index contributed by atoms with van der Waals surface area (Å²) in [4.78, 5) is 41.0. The Morgan fingerprint density at radius 1 is 1.20 bits per heavy atom. The molecular weight excluding hydrogens is 484 g/mol. The minimum atomic E-state index is -4.70. The molecule has 0 saturated carbocycles. The number of esters is 1. The minimum absolute atomic E-state index is 0.0915. The van der Waals surface area contributed by atoms with E-state index in [1.165, 1.54) is 30.3 Å². The monoisotopic (exact) mass is 506 g/mol. The molecule has 1 atom stereocenters. The summed E-state index contributed by atoms with van der Waals surface area (Å²) >= 11 is 0. The summed E-state index contributed by atoms with van der Waals surface area (Å²) in [5.74, 6) is -5.04. The number of nitrogens with zero attached hydrogens (tertiary/aromatic N) is 1. The number of carboxylic acids is 1. The Balaban J connectivity index is 1.93. The zero-order valence-electron chi connectivity index (χ0n) is 18.1. The van der Waals surface area contributed by atoms with Gasteiger partial charge in [-0.15, -0.1) is 0 Å². The van der Waals surface area contributed by atoms with Crippen molar-refractivity contribution in [2.75, 3.05) is 12.4 Å². The molecule has 1 heterocycles. The zero-order chi connectivity index (χ0) is 25.8. The predicted molar refractivity (Wildman–Crippen MR) is 122 cm³/mol. The second-order valence-electron chi connectivity index (χ2n) is 7.47. The standard InChI is InChI=1S/C21H22N4O9S/c22-21(23)24-12-6-7-13-11(9-12)3-2-8-33-17-14(4-1-5-16(17)34-20(13)29)18(26)25-15(19(27)28)10-35(30,31)32/h1,4-7,9,15H,2-3,8,10H2,(H,25,26)(H,27,28)(H4,22,23,24)(H,30,31,32)/t15-/m0/s1. The van der Waals surface area contributed by atoms with E-state index in [-0.39, 0.29) is 35.2 Å². The number of nitrogens with one attached hydrogen (secondary N) is 1. The molecule has 0 unspecified atom stereocenters. The van der Waals surface area contributed by atoms with E-state index in [4.69, 9.17) is 25.5 Å². The summed E-state index contributed by atoms with van der Waals surface area (Å²) in [5, 5.41) is 11.2. The number of nitrogens with two attached hydrogens (primary N) is 2. The summed E-state index contributed by atoms with van der Waals surface area (Å²) in [6, 6.07) is 6.80. The lowest BCUT2D eigenvalue weighted by Gasteiger charge is -2.19. The van der Waals surface area contributed by atoms with E-state index in [0.717, 1.165) is 0 Å². The summed E-state index contributed by atoms with van der Waals surface area (Å²) in [7, 11) is -4.70. The van der Waals surface area contributed by atoms with Gasteiger partial charge in [0.2, 0.25) is 0 Å². The molecule has 0 radical (unpaired) electrons. The van der Waals surface area contributed by atoms with Gasteiger partial charge in [0.15, 0.2) is 17.5 Å². The lowest BCUT2D eigenvalue weighted by atomic mass is 10.0. The second-order valence-corrected chi connectivity index (χ2v) is 8.96.